The molecule has 0 radical (unpaired) electrons. The van der Waals surface area contributed by atoms with E-state index in [1.807, 2.05) is 26.0 Å². The average Bonchev–Trinajstić information content (AvgIpc) is 3.10. The number of amides is 1. The van der Waals surface area contributed by atoms with Gasteiger partial charge in [-0.05, 0) is 83.6 Å². The second kappa shape index (κ2) is 19.2. The van der Waals surface area contributed by atoms with Crippen LogP contribution in [0.25, 0.3) is 16.6 Å². The minimum atomic E-state index is -0.820. The van der Waals surface area contributed by atoms with Gasteiger partial charge in [0.05, 0.1) is 57.7 Å². The van der Waals surface area contributed by atoms with Crippen LogP contribution in [0.4, 0.5) is 14.5 Å². The van der Waals surface area contributed by atoms with Gasteiger partial charge in [-0.3, -0.25) is 9.59 Å². The molecule has 1 aliphatic rings. The molecule has 0 spiro atoms. The van der Waals surface area contributed by atoms with Gasteiger partial charge in [0.25, 0.3) is 5.91 Å². The van der Waals surface area contributed by atoms with E-state index in [2.05, 4.69) is 7.05 Å². The first-order valence-corrected chi connectivity index (χ1v) is 18.5. The van der Waals surface area contributed by atoms with E-state index in [9.17, 15) is 18.4 Å². The van der Waals surface area contributed by atoms with Gasteiger partial charge in [-0.25, -0.2) is 8.78 Å². The van der Waals surface area contributed by atoms with E-state index in [1.165, 1.54) is 73.7 Å². The number of ether oxygens (including phenoxy) is 3. The van der Waals surface area contributed by atoms with Crippen molar-refractivity contribution in [2.45, 2.75) is 72.1 Å². The summed E-state index contributed by atoms with van der Waals surface area (Å²) in [6.07, 6.45) is 11.2. The molecule has 4 aromatic rings. The van der Waals surface area contributed by atoms with Gasteiger partial charge >= 0.3 is 0 Å². The number of piperidine rings is 1. The largest absolute Gasteiger partial charge is 1.00 e. The number of carbonyl (C=O) groups excluding carboxylic acids is 1. The summed E-state index contributed by atoms with van der Waals surface area (Å²) >= 11 is 0. The van der Waals surface area contributed by atoms with Gasteiger partial charge < -0.3 is 45.1 Å². The molecule has 1 fully saturated rings. The highest BCUT2D eigenvalue weighted by Gasteiger charge is 2.25. The normalized spacial score (nSPS) is 13.7. The summed E-state index contributed by atoms with van der Waals surface area (Å²) < 4.78 is 49.2. The fourth-order valence-corrected chi connectivity index (χ4v) is 7.06. The third-order valence-corrected chi connectivity index (χ3v) is 9.70. The number of benzene rings is 3. The number of carbonyl (C=O) groups is 1. The second-order valence-corrected chi connectivity index (χ2v) is 13.6. The number of hydrogen-bond donors (Lipinski definition) is 0. The van der Waals surface area contributed by atoms with Crippen LogP contribution in [-0.2, 0) is 0 Å². The first-order valence-electron chi connectivity index (χ1n) is 18.5. The summed E-state index contributed by atoms with van der Waals surface area (Å²) in [5, 5.41) is 0.291. The van der Waals surface area contributed by atoms with E-state index in [-0.39, 0.29) is 34.8 Å². The second-order valence-electron chi connectivity index (χ2n) is 13.6. The molecule has 3 aromatic carbocycles. The Bertz CT molecular complexity index is 1820. The fraction of sp³-hybridized carbons (Fsp3) is 0.463. The Morgan fingerprint density at radius 3 is 2.06 bits per heavy atom. The molecule has 0 bridgehead atoms. The Morgan fingerprint density at radius 1 is 0.788 bits per heavy atom. The SMILES string of the molecule is CCOc1cc(OCC)cc(-n2cc(C(=O)N(CC)c3cc(F)cc(F)c3)c(=O)c3ccc(OCCCCCCC[N+]4(C)CCCCC4)cc32)c1.[Br-]. The molecule has 1 aromatic heterocycles. The first kappa shape index (κ1) is 40.8. The van der Waals surface area contributed by atoms with Gasteiger partial charge in [-0.2, -0.15) is 0 Å². The van der Waals surface area contributed by atoms with Crippen LogP contribution >= 0.6 is 0 Å². The van der Waals surface area contributed by atoms with Crippen LogP contribution < -0.4 is 41.5 Å². The van der Waals surface area contributed by atoms with E-state index in [0.29, 0.717) is 53.7 Å². The van der Waals surface area contributed by atoms with Crippen LogP contribution in [0, 0.1) is 11.6 Å². The Morgan fingerprint density at radius 2 is 1.42 bits per heavy atom. The van der Waals surface area contributed by atoms with Crippen molar-refractivity contribution >= 4 is 22.5 Å². The average molecular weight is 785 g/mol. The van der Waals surface area contributed by atoms with E-state index >= 15 is 0 Å². The number of anilines is 1. The number of rotatable bonds is 17. The summed E-state index contributed by atoms with van der Waals surface area (Å²) in [4.78, 5) is 29.2. The lowest BCUT2D eigenvalue weighted by Crippen LogP contribution is -3.00. The number of fused-ring (bicyclic) bond motifs is 1. The molecule has 0 atom stereocenters. The topological polar surface area (TPSA) is 70.0 Å². The van der Waals surface area contributed by atoms with Crippen molar-refractivity contribution in [2.24, 2.45) is 0 Å². The van der Waals surface area contributed by atoms with Crippen molar-refractivity contribution < 1.29 is 49.3 Å². The number of aromatic nitrogens is 1. The molecule has 0 N–H and O–H groups in total. The van der Waals surface area contributed by atoms with Gasteiger partial charge in [-0.1, -0.05) is 12.8 Å². The summed E-state index contributed by atoms with van der Waals surface area (Å²) in [6, 6.07) is 13.5. The standard InChI is InChI=1S/C41H52F2N3O5.BrH/c1-5-44(32-23-30(42)22-31(43)24-32)41(48)38-29-45(33-25-35(49-6-2)27-36(26-33)50-7-3)39-28-34(16-17-37(39)40(38)47)51-21-15-10-8-9-12-18-46(4)19-13-11-14-20-46;/h16-17,22-29H,5-15,18-21H2,1-4H3;1H/q+1;/p-1. The van der Waals surface area contributed by atoms with Crippen LogP contribution in [0.5, 0.6) is 17.2 Å². The van der Waals surface area contributed by atoms with E-state index in [4.69, 9.17) is 14.2 Å². The minimum Gasteiger partial charge on any atom is -1.00 e. The minimum absolute atomic E-state index is 0. The van der Waals surface area contributed by atoms with Crippen LogP contribution in [0.1, 0.15) is 82.5 Å². The van der Waals surface area contributed by atoms with Crippen LogP contribution in [0.2, 0.25) is 0 Å². The number of hydrogen-bond acceptors (Lipinski definition) is 5. The van der Waals surface area contributed by atoms with Crippen LogP contribution in [0.15, 0.2) is 65.6 Å². The lowest BCUT2D eigenvalue weighted by Gasteiger charge is -2.37. The Labute approximate surface area is 316 Å². The number of halogens is 3. The van der Waals surface area contributed by atoms with Gasteiger partial charge in [0.2, 0.25) is 5.43 Å². The zero-order valence-electron chi connectivity index (χ0n) is 30.9. The lowest BCUT2D eigenvalue weighted by atomic mass is 10.1. The quantitative estimate of drug-likeness (QED) is 0.102. The molecule has 0 saturated carbocycles. The predicted octanol–water partition coefficient (Wildman–Crippen LogP) is 5.70. The molecule has 0 unspecified atom stereocenters. The highest BCUT2D eigenvalue weighted by molar-refractivity contribution is 6.07. The molecular weight excluding hydrogens is 732 g/mol. The lowest BCUT2D eigenvalue weighted by molar-refractivity contribution is -0.914. The van der Waals surface area contributed by atoms with E-state index < -0.39 is 23.0 Å². The van der Waals surface area contributed by atoms with Gasteiger partial charge in [0.1, 0.15) is 34.4 Å². The molecule has 0 aliphatic carbocycles. The maximum Gasteiger partial charge on any atom is 0.263 e. The number of unbranched alkanes of at least 4 members (excludes halogenated alkanes) is 4. The Hall–Kier alpha value is -3.96. The summed E-state index contributed by atoms with van der Waals surface area (Å²) in [5.74, 6) is -0.598. The molecule has 1 aliphatic heterocycles. The summed E-state index contributed by atoms with van der Waals surface area (Å²) in [5.41, 5.74) is 0.489. The maximum absolute atomic E-state index is 14.2. The van der Waals surface area contributed by atoms with Gasteiger partial charge in [0, 0.05) is 54.1 Å². The monoisotopic (exact) mass is 783 g/mol. The predicted molar refractivity (Wildman–Crippen MR) is 199 cm³/mol. The van der Waals surface area contributed by atoms with Gasteiger partial charge in [-0.15, -0.1) is 0 Å². The Balaban J connectivity index is 0.00000605. The number of likely N-dealkylation sites (tertiary alicyclic amines) is 1. The van der Waals surface area contributed by atoms with E-state index in [1.54, 1.807) is 35.8 Å². The number of nitrogens with zero attached hydrogens (tertiary/aromatic N) is 3. The molecular formula is C41H52BrF2N3O5. The third-order valence-electron chi connectivity index (χ3n) is 9.70. The molecule has 282 valence electrons. The first-order chi connectivity index (χ1) is 24.6. The van der Waals surface area contributed by atoms with Crippen molar-refractivity contribution in [2.75, 3.05) is 57.9 Å². The fourth-order valence-electron chi connectivity index (χ4n) is 7.06. The maximum atomic E-state index is 14.2. The van der Waals surface area contributed by atoms with Crippen LogP contribution in [-0.4, -0.2) is 68.0 Å². The third kappa shape index (κ3) is 10.3. The molecule has 2 heterocycles. The zero-order valence-corrected chi connectivity index (χ0v) is 32.5. The molecule has 1 saturated heterocycles. The molecule has 8 nitrogen and oxygen atoms in total. The molecule has 11 heteroatoms. The van der Waals surface area contributed by atoms with Crippen molar-refractivity contribution in [3.63, 3.8) is 0 Å². The van der Waals surface area contributed by atoms with Crippen LogP contribution in [0.3, 0.4) is 0 Å². The van der Waals surface area contributed by atoms with Crippen molar-refractivity contribution in [3.05, 3.63) is 88.2 Å². The summed E-state index contributed by atoms with van der Waals surface area (Å²) in [7, 11) is 2.40. The van der Waals surface area contributed by atoms with Crippen molar-refractivity contribution in [3.8, 4) is 22.9 Å². The van der Waals surface area contributed by atoms with Gasteiger partial charge in [0.15, 0.2) is 0 Å². The highest BCUT2D eigenvalue weighted by Crippen LogP contribution is 2.30. The zero-order chi connectivity index (χ0) is 36.4. The highest BCUT2D eigenvalue weighted by atomic mass is 79.9. The molecule has 52 heavy (non-hydrogen) atoms. The smallest absolute Gasteiger partial charge is 0.263 e. The van der Waals surface area contributed by atoms with Crippen molar-refractivity contribution in [1.29, 1.82) is 0 Å². The number of quaternary nitrogens is 1. The van der Waals surface area contributed by atoms with Crippen molar-refractivity contribution in [1.82, 2.24) is 4.57 Å². The molecule has 1 amide bonds. The van der Waals surface area contributed by atoms with E-state index in [0.717, 1.165) is 31.0 Å². The number of pyridine rings is 1. The molecule has 5 rings (SSSR count). The summed E-state index contributed by atoms with van der Waals surface area (Å²) in [6.45, 7) is 10.8. The Kier molecular flexibility index (Phi) is 15.1.